The van der Waals surface area contributed by atoms with Crippen LogP contribution in [0, 0.1) is 0 Å². The Morgan fingerprint density at radius 1 is 0.750 bits per heavy atom. The minimum absolute atomic E-state index is 0.839. The van der Waals surface area contributed by atoms with E-state index in [1.165, 1.54) is 0 Å². The Hall–Kier alpha value is -0.740. The van der Waals surface area contributed by atoms with E-state index in [0.29, 0.717) is 0 Å². The zero-order chi connectivity index (χ0) is 8.49. The zero-order valence-corrected chi connectivity index (χ0v) is 7.29. The largest absolute Gasteiger partial charge is 0.314 e. The lowest BCUT2D eigenvalue weighted by atomic mass is 10.5. The Kier molecular flexibility index (Phi) is 5.41. The molecule has 1 heterocycles. The molecule has 1 aliphatic heterocycles. The van der Waals surface area contributed by atoms with E-state index in [1.807, 2.05) is 0 Å². The molecule has 0 radical (unpaired) electrons. The normalized spacial score (nSPS) is 21.3. The molecule has 0 saturated carbocycles. The van der Waals surface area contributed by atoms with Crippen LogP contribution in [0.1, 0.15) is 0 Å². The third-order valence-electron chi connectivity index (χ3n) is 1.59. The molecule has 0 amide bonds. The molecule has 4 nitrogen and oxygen atoms in total. The fourth-order valence-electron chi connectivity index (χ4n) is 0.957. The SMILES string of the molecule is C1=NCCNCCNCCN=C1. The fraction of sp³-hybridized carbons (Fsp3) is 0.750. The van der Waals surface area contributed by atoms with Crippen LogP contribution in [0.5, 0.6) is 0 Å². The van der Waals surface area contributed by atoms with Crippen molar-refractivity contribution in [2.24, 2.45) is 9.98 Å². The summed E-state index contributed by atoms with van der Waals surface area (Å²) in [5.41, 5.74) is 0. The summed E-state index contributed by atoms with van der Waals surface area (Å²) in [5, 5.41) is 6.56. The summed E-state index contributed by atoms with van der Waals surface area (Å²) in [6, 6.07) is 0. The molecule has 0 aromatic heterocycles. The molecule has 0 fully saturated rings. The van der Waals surface area contributed by atoms with Gasteiger partial charge in [-0.3, -0.25) is 9.98 Å². The van der Waals surface area contributed by atoms with Crippen molar-refractivity contribution in [2.75, 3.05) is 39.3 Å². The van der Waals surface area contributed by atoms with Gasteiger partial charge in [-0.05, 0) is 0 Å². The Morgan fingerprint density at radius 2 is 1.25 bits per heavy atom. The lowest BCUT2D eigenvalue weighted by Gasteiger charge is -2.04. The number of hydrogen-bond donors (Lipinski definition) is 2. The van der Waals surface area contributed by atoms with Crippen LogP contribution in [0.15, 0.2) is 9.98 Å². The molecular formula is C8H16N4. The second-order valence-electron chi connectivity index (χ2n) is 2.61. The minimum Gasteiger partial charge on any atom is -0.314 e. The molecular weight excluding hydrogens is 152 g/mol. The van der Waals surface area contributed by atoms with E-state index in [2.05, 4.69) is 20.6 Å². The van der Waals surface area contributed by atoms with E-state index < -0.39 is 0 Å². The van der Waals surface area contributed by atoms with Crippen molar-refractivity contribution >= 4 is 12.4 Å². The minimum atomic E-state index is 0.839. The predicted octanol–water partition coefficient (Wildman–Crippen LogP) is -0.679. The van der Waals surface area contributed by atoms with Crippen molar-refractivity contribution in [1.29, 1.82) is 0 Å². The van der Waals surface area contributed by atoms with Crippen molar-refractivity contribution in [1.82, 2.24) is 10.6 Å². The van der Waals surface area contributed by atoms with E-state index in [0.717, 1.165) is 39.3 Å². The standard InChI is InChI=1S/C8H16N4/c1-2-10-5-6-12-8-7-11-4-3-9-1/h1-2,11-12H,3-8H2. The molecule has 4 heteroatoms. The molecule has 1 rings (SSSR count). The first-order valence-corrected chi connectivity index (χ1v) is 4.40. The molecule has 0 aromatic carbocycles. The molecule has 0 spiro atoms. The molecule has 0 aliphatic carbocycles. The monoisotopic (exact) mass is 168 g/mol. The Morgan fingerprint density at radius 3 is 1.75 bits per heavy atom. The van der Waals surface area contributed by atoms with Crippen LogP contribution < -0.4 is 10.6 Å². The van der Waals surface area contributed by atoms with Gasteiger partial charge in [-0.25, -0.2) is 0 Å². The van der Waals surface area contributed by atoms with Gasteiger partial charge in [-0.15, -0.1) is 0 Å². The van der Waals surface area contributed by atoms with E-state index >= 15 is 0 Å². The number of aliphatic imine (C=N–C) groups is 2. The molecule has 0 saturated heterocycles. The molecule has 0 atom stereocenters. The van der Waals surface area contributed by atoms with E-state index in [4.69, 9.17) is 0 Å². The number of nitrogens with zero attached hydrogens (tertiary/aromatic N) is 2. The second kappa shape index (κ2) is 6.94. The van der Waals surface area contributed by atoms with Crippen LogP contribution in [0.3, 0.4) is 0 Å². The first kappa shape index (κ1) is 9.35. The van der Waals surface area contributed by atoms with Gasteiger partial charge < -0.3 is 10.6 Å². The molecule has 0 aromatic rings. The smallest absolute Gasteiger partial charge is 0.0514 e. The van der Waals surface area contributed by atoms with Crippen LogP contribution in [0.25, 0.3) is 0 Å². The summed E-state index contributed by atoms with van der Waals surface area (Å²) >= 11 is 0. The average molecular weight is 168 g/mol. The van der Waals surface area contributed by atoms with Gasteiger partial charge >= 0.3 is 0 Å². The summed E-state index contributed by atoms with van der Waals surface area (Å²) in [5.74, 6) is 0. The van der Waals surface area contributed by atoms with Crippen molar-refractivity contribution in [2.45, 2.75) is 0 Å². The molecule has 1 aliphatic rings. The number of nitrogens with one attached hydrogen (secondary N) is 2. The highest BCUT2D eigenvalue weighted by atomic mass is 15.0. The first-order chi connectivity index (χ1) is 6.00. The highest BCUT2D eigenvalue weighted by molar-refractivity contribution is 6.15. The second-order valence-corrected chi connectivity index (χ2v) is 2.61. The maximum atomic E-state index is 4.15. The molecule has 68 valence electrons. The van der Waals surface area contributed by atoms with Crippen molar-refractivity contribution in [3.63, 3.8) is 0 Å². The fourth-order valence-corrected chi connectivity index (χ4v) is 0.957. The summed E-state index contributed by atoms with van der Waals surface area (Å²) in [6.45, 7) is 5.61. The summed E-state index contributed by atoms with van der Waals surface area (Å²) in [6.07, 6.45) is 3.53. The highest BCUT2D eigenvalue weighted by Crippen LogP contribution is 1.70. The summed E-state index contributed by atoms with van der Waals surface area (Å²) in [7, 11) is 0. The quantitative estimate of drug-likeness (QED) is 0.503. The summed E-state index contributed by atoms with van der Waals surface area (Å²) in [4.78, 5) is 8.30. The lowest BCUT2D eigenvalue weighted by Crippen LogP contribution is -2.30. The predicted molar refractivity (Wildman–Crippen MR) is 52.5 cm³/mol. The third kappa shape index (κ3) is 4.98. The molecule has 2 N–H and O–H groups in total. The number of rotatable bonds is 0. The number of hydrogen-bond acceptors (Lipinski definition) is 4. The van der Waals surface area contributed by atoms with Crippen molar-refractivity contribution in [3.8, 4) is 0 Å². The van der Waals surface area contributed by atoms with E-state index in [9.17, 15) is 0 Å². The molecule has 0 bridgehead atoms. The van der Waals surface area contributed by atoms with Gasteiger partial charge in [-0.1, -0.05) is 0 Å². The molecule has 12 heavy (non-hydrogen) atoms. The summed E-state index contributed by atoms with van der Waals surface area (Å²) < 4.78 is 0. The van der Waals surface area contributed by atoms with Crippen LogP contribution in [-0.2, 0) is 0 Å². The lowest BCUT2D eigenvalue weighted by molar-refractivity contribution is 0.619. The van der Waals surface area contributed by atoms with Gasteiger partial charge in [0, 0.05) is 38.6 Å². The molecule has 0 unspecified atom stereocenters. The Bertz CT molecular complexity index is 135. The zero-order valence-electron chi connectivity index (χ0n) is 7.29. The van der Waals surface area contributed by atoms with Gasteiger partial charge in [-0.2, -0.15) is 0 Å². The first-order valence-electron chi connectivity index (χ1n) is 4.40. The van der Waals surface area contributed by atoms with Crippen molar-refractivity contribution in [3.05, 3.63) is 0 Å². The van der Waals surface area contributed by atoms with Crippen molar-refractivity contribution < 1.29 is 0 Å². The van der Waals surface area contributed by atoms with Crippen LogP contribution in [-0.4, -0.2) is 51.7 Å². The Labute approximate surface area is 73.2 Å². The van der Waals surface area contributed by atoms with Gasteiger partial charge in [0.2, 0.25) is 0 Å². The average Bonchev–Trinajstić information content (AvgIpc) is 2.05. The van der Waals surface area contributed by atoms with Gasteiger partial charge in [0.1, 0.15) is 0 Å². The van der Waals surface area contributed by atoms with Gasteiger partial charge in [0.05, 0.1) is 13.1 Å². The van der Waals surface area contributed by atoms with E-state index in [-0.39, 0.29) is 0 Å². The maximum absolute atomic E-state index is 4.15. The van der Waals surface area contributed by atoms with Gasteiger partial charge in [0.15, 0.2) is 0 Å². The topological polar surface area (TPSA) is 48.8 Å². The highest BCUT2D eigenvalue weighted by Gasteiger charge is 1.87. The van der Waals surface area contributed by atoms with Gasteiger partial charge in [0.25, 0.3) is 0 Å². The van der Waals surface area contributed by atoms with Crippen LogP contribution >= 0.6 is 0 Å². The van der Waals surface area contributed by atoms with Crippen LogP contribution in [0.2, 0.25) is 0 Å². The van der Waals surface area contributed by atoms with E-state index in [1.54, 1.807) is 12.4 Å². The van der Waals surface area contributed by atoms with Crippen LogP contribution in [0.4, 0.5) is 0 Å². The Balaban J connectivity index is 2.21. The maximum Gasteiger partial charge on any atom is 0.0514 e. The third-order valence-corrected chi connectivity index (χ3v) is 1.59.